The Bertz CT molecular complexity index is 231. The van der Waals surface area contributed by atoms with E-state index in [0.717, 1.165) is 6.42 Å². The molecule has 0 aromatic heterocycles. The van der Waals surface area contributed by atoms with Gasteiger partial charge < -0.3 is 9.53 Å². The summed E-state index contributed by atoms with van der Waals surface area (Å²) in [4.78, 5) is 10.4. The largest absolute Gasteiger partial charge is 0.481 e. The first-order valence-electron chi connectivity index (χ1n) is 5.96. The molecule has 0 heterocycles. The fourth-order valence-corrected chi connectivity index (χ4v) is 2.76. The van der Waals surface area contributed by atoms with E-state index in [1.165, 1.54) is 0 Å². The highest BCUT2D eigenvalue weighted by Gasteiger charge is 2.38. The van der Waals surface area contributed by atoms with Gasteiger partial charge in [0, 0.05) is 12.5 Å². The summed E-state index contributed by atoms with van der Waals surface area (Å²) in [5, 5.41) is 8.77. The number of hydrogen-bond acceptors (Lipinski definition) is 2. The second-order valence-corrected chi connectivity index (χ2v) is 10.7. The summed E-state index contributed by atoms with van der Waals surface area (Å²) < 4.78 is 6.13. The van der Waals surface area contributed by atoms with E-state index in [1.54, 1.807) is 0 Å². The highest BCUT2D eigenvalue weighted by molar-refractivity contribution is 6.74. The lowest BCUT2D eigenvalue weighted by Crippen LogP contribution is -2.43. The molecule has 4 heteroatoms. The summed E-state index contributed by atoms with van der Waals surface area (Å²) in [6.07, 6.45) is 1.94. The first-order chi connectivity index (χ1) is 7.06. The second kappa shape index (κ2) is 5.82. The zero-order valence-electron chi connectivity index (χ0n) is 11.5. The van der Waals surface area contributed by atoms with E-state index < -0.39 is 14.3 Å². The van der Waals surface area contributed by atoms with Gasteiger partial charge in [-0.25, -0.2) is 0 Å². The monoisotopic (exact) mass is 246 g/mol. The van der Waals surface area contributed by atoms with Crippen LogP contribution in [-0.2, 0) is 9.22 Å². The minimum Gasteiger partial charge on any atom is -0.481 e. The van der Waals surface area contributed by atoms with Gasteiger partial charge in [0.05, 0.1) is 0 Å². The van der Waals surface area contributed by atoms with Crippen molar-refractivity contribution in [2.75, 3.05) is 0 Å². The van der Waals surface area contributed by atoms with E-state index in [1.807, 2.05) is 6.92 Å². The van der Waals surface area contributed by atoms with Crippen LogP contribution in [0.3, 0.4) is 0 Å². The summed E-state index contributed by atoms with van der Waals surface area (Å²) in [7, 11) is -1.69. The molecule has 0 aromatic rings. The van der Waals surface area contributed by atoms with Gasteiger partial charge in [-0.1, -0.05) is 20.8 Å². The van der Waals surface area contributed by atoms with Crippen molar-refractivity contribution in [3.05, 3.63) is 0 Å². The summed E-state index contributed by atoms with van der Waals surface area (Å²) >= 11 is 0. The van der Waals surface area contributed by atoms with Crippen LogP contribution in [0.2, 0.25) is 18.1 Å². The molecule has 0 radical (unpaired) electrons. The van der Waals surface area contributed by atoms with E-state index >= 15 is 0 Å². The normalized spacial score (nSPS) is 14.9. The molecule has 0 saturated carbocycles. The number of rotatable bonds is 6. The molecule has 0 aliphatic carbocycles. The molecule has 0 unspecified atom stereocenters. The van der Waals surface area contributed by atoms with Crippen LogP contribution >= 0.6 is 0 Å². The average molecular weight is 246 g/mol. The molecule has 3 nitrogen and oxygen atoms in total. The Kier molecular flexibility index (Phi) is 5.69. The third-order valence-corrected chi connectivity index (χ3v) is 7.91. The lowest BCUT2D eigenvalue weighted by Gasteiger charge is -2.38. The van der Waals surface area contributed by atoms with Gasteiger partial charge in [0.2, 0.25) is 0 Å². The first kappa shape index (κ1) is 15.6. The molecule has 0 aromatic carbocycles. The molecule has 1 atom stereocenters. The Labute approximate surface area is 100 Å². The van der Waals surface area contributed by atoms with Crippen LogP contribution in [0.5, 0.6) is 0 Å². The molecule has 0 saturated heterocycles. The molecule has 0 aliphatic rings. The van der Waals surface area contributed by atoms with Gasteiger partial charge in [-0.2, -0.15) is 0 Å². The summed E-state index contributed by atoms with van der Waals surface area (Å²) in [6.45, 7) is 13.1. The predicted octanol–water partition coefficient (Wildman–Crippen LogP) is 3.65. The van der Waals surface area contributed by atoms with Gasteiger partial charge in [0.1, 0.15) is 0 Å². The van der Waals surface area contributed by atoms with Gasteiger partial charge >= 0.3 is 5.97 Å². The highest BCUT2D eigenvalue weighted by Crippen LogP contribution is 2.37. The van der Waals surface area contributed by atoms with Crippen molar-refractivity contribution in [2.45, 2.75) is 71.2 Å². The van der Waals surface area contributed by atoms with Crippen LogP contribution in [0.25, 0.3) is 0 Å². The molecule has 0 amide bonds. The molecule has 0 aliphatic heterocycles. The van der Waals surface area contributed by atoms with Crippen LogP contribution < -0.4 is 0 Å². The van der Waals surface area contributed by atoms with Crippen molar-refractivity contribution in [1.82, 2.24) is 0 Å². The smallest absolute Gasteiger partial charge is 0.303 e. The molecule has 1 N–H and O–H groups in total. The van der Waals surface area contributed by atoms with Crippen molar-refractivity contribution in [3.8, 4) is 0 Å². The summed E-state index contributed by atoms with van der Waals surface area (Å²) in [5.74, 6) is -0.723. The molecular formula is C12H26O3Si. The number of aliphatic carboxylic acids is 1. The fraction of sp³-hybridized carbons (Fsp3) is 0.917. The van der Waals surface area contributed by atoms with Crippen molar-refractivity contribution in [2.24, 2.45) is 0 Å². The van der Waals surface area contributed by atoms with Crippen LogP contribution in [0.1, 0.15) is 47.0 Å². The second-order valence-electron chi connectivity index (χ2n) is 5.97. The van der Waals surface area contributed by atoms with E-state index in [2.05, 4.69) is 33.9 Å². The van der Waals surface area contributed by atoms with E-state index in [-0.39, 0.29) is 17.6 Å². The summed E-state index contributed by atoms with van der Waals surface area (Å²) in [5.41, 5.74) is 0. The molecular weight excluding hydrogens is 220 g/mol. The fourth-order valence-electron chi connectivity index (χ4n) is 1.28. The lowest BCUT2D eigenvalue weighted by atomic mass is 10.2. The van der Waals surface area contributed by atoms with Crippen molar-refractivity contribution in [3.63, 3.8) is 0 Å². The van der Waals surface area contributed by atoms with Crippen molar-refractivity contribution >= 4 is 14.3 Å². The standard InChI is InChI=1S/C12H26O3Si/c1-10(8-7-9-11(13)14)15-16(5,6)12(2,3)4/h10H,7-9H2,1-6H3,(H,13,14)/t10-/m1/s1. The SMILES string of the molecule is C[C@H](CCCC(=O)O)O[Si](C)(C)C(C)(C)C. The number of carboxylic acid groups (broad SMARTS) is 1. The average Bonchev–Trinajstić information content (AvgIpc) is 1.99. The Morgan fingerprint density at radius 1 is 1.38 bits per heavy atom. The maximum atomic E-state index is 10.4. The molecule has 0 spiro atoms. The van der Waals surface area contributed by atoms with Gasteiger partial charge in [-0.3, -0.25) is 4.79 Å². The zero-order chi connectivity index (χ0) is 13.0. The van der Waals surface area contributed by atoms with Crippen LogP contribution in [0.4, 0.5) is 0 Å². The Morgan fingerprint density at radius 2 is 1.88 bits per heavy atom. The minimum atomic E-state index is -1.69. The molecule has 16 heavy (non-hydrogen) atoms. The quantitative estimate of drug-likeness (QED) is 0.728. The van der Waals surface area contributed by atoms with Gasteiger partial charge in [-0.15, -0.1) is 0 Å². The molecule has 0 fully saturated rings. The maximum Gasteiger partial charge on any atom is 0.303 e. The summed E-state index contributed by atoms with van der Waals surface area (Å²) in [6, 6.07) is 0. The number of hydrogen-bond donors (Lipinski definition) is 1. The highest BCUT2D eigenvalue weighted by atomic mass is 28.4. The van der Waals surface area contributed by atoms with Crippen molar-refractivity contribution < 1.29 is 14.3 Å². The lowest BCUT2D eigenvalue weighted by molar-refractivity contribution is -0.137. The number of carboxylic acids is 1. The topological polar surface area (TPSA) is 46.5 Å². The molecule has 96 valence electrons. The third kappa shape index (κ3) is 5.65. The van der Waals surface area contributed by atoms with E-state index in [0.29, 0.717) is 6.42 Å². The van der Waals surface area contributed by atoms with Crippen LogP contribution in [-0.4, -0.2) is 25.5 Å². The maximum absolute atomic E-state index is 10.4. The Morgan fingerprint density at radius 3 is 2.25 bits per heavy atom. The van der Waals surface area contributed by atoms with Crippen molar-refractivity contribution in [1.29, 1.82) is 0 Å². The van der Waals surface area contributed by atoms with Gasteiger partial charge in [-0.05, 0) is 37.9 Å². The number of carbonyl (C=O) groups is 1. The molecule has 0 bridgehead atoms. The van der Waals surface area contributed by atoms with Crippen LogP contribution in [0, 0.1) is 0 Å². The first-order valence-corrected chi connectivity index (χ1v) is 8.86. The minimum absolute atomic E-state index is 0.167. The van der Waals surface area contributed by atoms with Gasteiger partial charge in [0.15, 0.2) is 8.32 Å². The Balaban J connectivity index is 4.04. The van der Waals surface area contributed by atoms with E-state index in [9.17, 15) is 4.79 Å². The zero-order valence-corrected chi connectivity index (χ0v) is 12.5. The molecule has 0 rings (SSSR count). The Hall–Kier alpha value is -0.353. The third-order valence-electron chi connectivity index (χ3n) is 3.30. The predicted molar refractivity (Wildman–Crippen MR) is 69.2 cm³/mol. The van der Waals surface area contributed by atoms with Crippen LogP contribution in [0.15, 0.2) is 0 Å². The van der Waals surface area contributed by atoms with E-state index in [4.69, 9.17) is 9.53 Å². The van der Waals surface area contributed by atoms with Gasteiger partial charge in [0.25, 0.3) is 0 Å².